The molecule has 1 aliphatic rings. The maximum atomic E-state index is 13.7. The molecule has 0 bridgehead atoms. The van der Waals surface area contributed by atoms with Gasteiger partial charge in [0.15, 0.2) is 0 Å². The predicted molar refractivity (Wildman–Crippen MR) is 163 cm³/mol. The first-order valence-electron chi connectivity index (χ1n) is 13.6. The minimum atomic E-state index is -4.02. The van der Waals surface area contributed by atoms with Crippen LogP contribution < -0.4 is 10.1 Å². The largest absolute Gasteiger partial charge is 0.497 e. The molecule has 1 aromatic heterocycles. The van der Waals surface area contributed by atoms with Crippen LogP contribution in [-0.4, -0.2) is 61.1 Å². The summed E-state index contributed by atoms with van der Waals surface area (Å²) in [6.45, 7) is 4.25. The summed E-state index contributed by atoms with van der Waals surface area (Å²) in [5, 5.41) is 3.46. The number of hydrogen-bond acceptors (Lipinski definition) is 6. The second kappa shape index (κ2) is 12.7. The van der Waals surface area contributed by atoms with Gasteiger partial charge in [0.2, 0.25) is 21.9 Å². The van der Waals surface area contributed by atoms with Gasteiger partial charge in [-0.05, 0) is 86.3 Å². The third kappa shape index (κ3) is 6.68. The fraction of sp³-hybridized carbons (Fsp3) is 0.290. The number of aryl methyl sites for hydroxylation is 2. The van der Waals surface area contributed by atoms with Crippen molar-refractivity contribution in [2.75, 3.05) is 32.1 Å². The summed E-state index contributed by atoms with van der Waals surface area (Å²) in [5.41, 5.74) is 4.47. The molecule has 0 saturated carbocycles. The number of methoxy groups -OCH3 is 1. The Morgan fingerprint density at radius 3 is 2.48 bits per heavy atom. The van der Waals surface area contributed by atoms with Crippen molar-refractivity contribution in [3.63, 3.8) is 0 Å². The highest BCUT2D eigenvalue weighted by atomic mass is 35.5. The number of anilines is 1. The van der Waals surface area contributed by atoms with E-state index in [1.54, 1.807) is 28.8 Å². The van der Waals surface area contributed by atoms with E-state index in [4.69, 9.17) is 26.1 Å². The van der Waals surface area contributed by atoms with E-state index in [1.165, 1.54) is 23.5 Å². The minimum Gasteiger partial charge on any atom is -0.497 e. The monoisotopic (exact) mass is 608 g/mol. The first-order valence-corrected chi connectivity index (χ1v) is 15.4. The van der Waals surface area contributed by atoms with Crippen molar-refractivity contribution < 1.29 is 22.7 Å². The summed E-state index contributed by atoms with van der Waals surface area (Å²) in [5.74, 6) is 0.280. The Kier molecular flexibility index (Phi) is 8.98. The molecule has 0 radical (unpaired) electrons. The Bertz CT molecular complexity index is 1660. The van der Waals surface area contributed by atoms with Gasteiger partial charge < -0.3 is 9.47 Å². The third-order valence-electron chi connectivity index (χ3n) is 7.31. The highest BCUT2D eigenvalue weighted by Gasteiger charge is 2.31. The number of nitrogens with zero attached hydrogens (tertiary/aromatic N) is 3. The summed E-state index contributed by atoms with van der Waals surface area (Å²) in [4.78, 5) is 18.3. The lowest BCUT2D eigenvalue weighted by Gasteiger charge is -2.24. The lowest BCUT2D eigenvalue weighted by atomic mass is 10.1. The normalized spacial score (nSPS) is 15.2. The van der Waals surface area contributed by atoms with Crippen LogP contribution in [0.15, 0.2) is 77.8 Å². The van der Waals surface area contributed by atoms with E-state index in [2.05, 4.69) is 5.32 Å². The number of ether oxygens (including phenoxy) is 2. The van der Waals surface area contributed by atoms with Gasteiger partial charge in [0.05, 0.1) is 30.3 Å². The fourth-order valence-corrected chi connectivity index (χ4v) is 6.34. The number of nitrogens with one attached hydrogen (secondary N) is 1. The first-order chi connectivity index (χ1) is 20.1. The average molecular weight is 609 g/mol. The van der Waals surface area contributed by atoms with E-state index in [-0.39, 0.29) is 23.5 Å². The molecule has 1 amide bonds. The first kappa shape index (κ1) is 29.8. The van der Waals surface area contributed by atoms with Crippen LogP contribution in [0, 0.1) is 13.8 Å². The zero-order valence-electron chi connectivity index (χ0n) is 23.7. The zero-order chi connectivity index (χ0) is 29.9. The number of imidazole rings is 1. The molecule has 11 heteroatoms. The molecule has 0 spiro atoms. The summed E-state index contributed by atoms with van der Waals surface area (Å²) in [6, 6.07) is 19.3. The Labute approximate surface area is 251 Å². The van der Waals surface area contributed by atoms with Crippen molar-refractivity contribution in [3.05, 3.63) is 89.1 Å². The van der Waals surface area contributed by atoms with Crippen molar-refractivity contribution in [1.29, 1.82) is 0 Å². The molecule has 220 valence electrons. The summed E-state index contributed by atoms with van der Waals surface area (Å²) in [7, 11) is -2.51. The molecule has 1 aliphatic heterocycles. The maximum absolute atomic E-state index is 13.7. The topological polar surface area (TPSA) is 103 Å². The quantitative estimate of drug-likeness (QED) is 0.250. The second-order valence-corrected chi connectivity index (χ2v) is 12.6. The number of hydrogen-bond donors (Lipinski definition) is 1. The van der Waals surface area contributed by atoms with E-state index in [1.807, 2.05) is 50.4 Å². The Hall–Kier alpha value is -3.70. The van der Waals surface area contributed by atoms with E-state index in [0.29, 0.717) is 23.1 Å². The van der Waals surface area contributed by atoms with E-state index in [0.717, 1.165) is 35.2 Å². The highest BCUT2D eigenvalue weighted by Crippen LogP contribution is 2.27. The van der Waals surface area contributed by atoms with Crippen LogP contribution in [0.1, 0.15) is 24.0 Å². The van der Waals surface area contributed by atoms with Gasteiger partial charge in [0.25, 0.3) is 0 Å². The van der Waals surface area contributed by atoms with Gasteiger partial charge in [-0.2, -0.15) is 4.31 Å². The number of sulfonamides is 1. The summed E-state index contributed by atoms with van der Waals surface area (Å²) < 4.78 is 41.3. The molecule has 1 atom stereocenters. The van der Waals surface area contributed by atoms with Crippen molar-refractivity contribution in [2.45, 2.75) is 37.7 Å². The molecule has 4 aromatic rings. The van der Waals surface area contributed by atoms with Crippen LogP contribution in [0.4, 0.5) is 5.95 Å². The predicted octanol–water partition coefficient (Wildman–Crippen LogP) is 5.63. The van der Waals surface area contributed by atoms with E-state index in [9.17, 15) is 13.2 Å². The molecule has 1 N–H and O–H groups in total. The average Bonchev–Trinajstić information content (AvgIpc) is 3.65. The molecule has 42 heavy (non-hydrogen) atoms. The molecule has 0 unspecified atom stereocenters. The van der Waals surface area contributed by atoms with Crippen LogP contribution >= 0.6 is 11.6 Å². The van der Waals surface area contributed by atoms with E-state index < -0.39 is 22.5 Å². The third-order valence-corrected chi connectivity index (χ3v) is 9.39. The zero-order valence-corrected chi connectivity index (χ0v) is 25.3. The fourth-order valence-electron chi connectivity index (χ4n) is 4.78. The molecule has 9 nitrogen and oxygen atoms in total. The van der Waals surface area contributed by atoms with Crippen LogP contribution in [-0.2, 0) is 19.6 Å². The number of carbonyl (C=O) groups is 1. The van der Waals surface area contributed by atoms with Crippen LogP contribution in [0.5, 0.6) is 5.75 Å². The van der Waals surface area contributed by atoms with Gasteiger partial charge in [-0.25, -0.2) is 13.4 Å². The van der Waals surface area contributed by atoms with Gasteiger partial charge in [-0.15, -0.1) is 0 Å². The standard InChI is InChI=1S/C31H33ClN4O5S/c1-21-6-11-25(17-22(21)2)36-19-29(23-7-9-24(32)10-8-23)33-31(36)34-30(37)20-35(18-27-5-4-16-41-27)42(38,39)28-14-12-26(40-3)13-15-28/h6-15,17,19,27H,4-5,16,18,20H2,1-3H3,(H,33,34,37)/t27-/m1/s1. The molecular weight excluding hydrogens is 576 g/mol. The van der Waals surface area contributed by atoms with Gasteiger partial charge >= 0.3 is 0 Å². The van der Waals surface area contributed by atoms with Crippen molar-refractivity contribution in [3.8, 4) is 22.7 Å². The van der Waals surface area contributed by atoms with Crippen molar-refractivity contribution in [2.24, 2.45) is 0 Å². The highest BCUT2D eigenvalue weighted by molar-refractivity contribution is 7.89. The van der Waals surface area contributed by atoms with Gasteiger partial charge in [0, 0.05) is 35.6 Å². The van der Waals surface area contributed by atoms with Crippen LogP contribution in [0.2, 0.25) is 5.02 Å². The number of benzene rings is 3. The Morgan fingerprint density at radius 1 is 1.10 bits per heavy atom. The van der Waals surface area contributed by atoms with Gasteiger partial charge in [-0.1, -0.05) is 29.8 Å². The molecule has 0 aliphatic carbocycles. The van der Waals surface area contributed by atoms with Crippen LogP contribution in [0.3, 0.4) is 0 Å². The second-order valence-electron chi connectivity index (χ2n) is 10.3. The molecule has 2 heterocycles. The maximum Gasteiger partial charge on any atom is 0.243 e. The Morgan fingerprint density at radius 2 is 1.83 bits per heavy atom. The lowest BCUT2D eigenvalue weighted by molar-refractivity contribution is -0.116. The van der Waals surface area contributed by atoms with Crippen molar-refractivity contribution in [1.82, 2.24) is 13.9 Å². The van der Waals surface area contributed by atoms with Crippen LogP contribution in [0.25, 0.3) is 16.9 Å². The SMILES string of the molecule is COc1ccc(S(=O)(=O)N(CC(=O)Nc2nc(-c3ccc(Cl)cc3)cn2-c2ccc(C)c(C)c2)C[C@H]2CCCO2)cc1. The van der Waals surface area contributed by atoms with Gasteiger partial charge in [-0.3, -0.25) is 14.7 Å². The molecular formula is C31H33ClN4O5S. The summed E-state index contributed by atoms with van der Waals surface area (Å²) >= 11 is 6.09. The number of rotatable bonds is 10. The Balaban J connectivity index is 1.45. The number of carbonyl (C=O) groups excluding carboxylic acids is 1. The number of halogens is 1. The number of amides is 1. The lowest BCUT2D eigenvalue weighted by Crippen LogP contribution is -2.42. The molecule has 1 saturated heterocycles. The molecule has 3 aromatic carbocycles. The molecule has 5 rings (SSSR count). The summed E-state index contributed by atoms with van der Waals surface area (Å²) in [6.07, 6.45) is 3.10. The number of aromatic nitrogens is 2. The molecule has 1 fully saturated rings. The minimum absolute atomic E-state index is 0.0589. The van der Waals surface area contributed by atoms with E-state index >= 15 is 0 Å². The van der Waals surface area contributed by atoms with Gasteiger partial charge in [0.1, 0.15) is 5.75 Å². The smallest absolute Gasteiger partial charge is 0.243 e. The van der Waals surface area contributed by atoms with Crippen molar-refractivity contribution >= 4 is 33.5 Å².